The van der Waals surface area contributed by atoms with E-state index in [-0.39, 0.29) is 22.9 Å². The number of hydrogen-bond acceptors (Lipinski definition) is 6. The van der Waals surface area contributed by atoms with E-state index in [1.165, 1.54) is 23.5 Å². The summed E-state index contributed by atoms with van der Waals surface area (Å²) in [5, 5.41) is 5.86. The first kappa shape index (κ1) is 29.6. The van der Waals surface area contributed by atoms with E-state index >= 15 is 0 Å². The molecule has 0 aromatic heterocycles. The summed E-state index contributed by atoms with van der Waals surface area (Å²) in [7, 11) is 8.12. The molecule has 0 heterocycles. The van der Waals surface area contributed by atoms with Gasteiger partial charge in [0, 0.05) is 13.1 Å². The molecule has 0 aromatic rings. The van der Waals surface area contributed by atoms with Gasteiger partial charge < -0.3 is 20.4 Å². The Morgan fingerprint density at radius 1 is 0.760 bits per heavy atom. The average molecular weight is 417 g/mol. The molecule has 0 aromatic carbocycles. The van der Waals surface area contributed by atoms with Crippen LogP contribution in [0.15, 0.2) is 0 Å². The van der Waals surface area contributed by atoms with Gasteiger partial charge in [-0.2, -0.15) is 0 Å². The van der Waals surface area contributed by atoms with Crippen LogP contribution in [0, 0.1) is 0 Å². The minimum Gasteiger partial charge on any atom is -0.347 e. The molecular weight excluding hydrogens is 380 g/mol. The standard InChI is InChI=1S/2C8H18N2OS.ClH/c2*1-4-12-8(11)9-6-5-7-10(2)3;/h2*4-7H2,1-3H3,(H,9,11);1H. The molecule has 0 unspecified atom stereocenters. The zero-order valence-corrected chi connectivity index (χ0v) is 19.0. The van der Waals surface area contributed by atoms with E-state index in [0.29, 0.717) is 0 Å². The molecule has 0 rings (SSSR count). The second kappa shape index (κ2) is 21.9. The predicted octanol–water partition coefficient (Wildman–Crippen LogP) is 3.22. The van der Waals surface area contributed by atoms with E-state index in [0.717, 1.165) is 50.5 Å². The quantitative estimate of drug-likeness (QED) is 0.533. The minimum atomic E-state index is 0. The fraction of sp³-hybridized carbons (Fsp3) is 0.875. The van der Waals surface area contributed by atoms with Crippen LogP contribution in [0.3, 0.4) is 0 Å². The van der Waals surface area contributed by atoms with Crippen LogP contribution in [-0.2, 0) is 0 Å². The van der Waals surface area contributed by atoms with Crippen molar-refractivity contribution in [3.05, 3.63) is 0 Å². The van der Waals surface area contributed by atoms with Crippen LogP contribution in [0.1, 0.15) is 26.7 Å². The summed E-state index contributed by atoms with van der Waals surface area (Å²) < 4.78 is 0. The molecule has 0 aliphatic heterocycles. The molecular formula is C16H37ClN4O2S2. The van der Waals surface area contributed by atoms with Crippen LogP contribution in [0.5, 0.6) is 0 Å². The molecule has 0 bridgehead atoms. The molecule has 0 aliphatic carbocycles. The zero-order valence-electron chi connectivity index (χ0n) is 16.6. The summed E-state index contributed by atoms with van der Waals surface area (Å²) in [6.07, 6.45) is 2.03. The normalized spacial score (nSPS) is 9.92. The van der Waals surface area contributed by atoms with Gasteiger partial charge in [0.2, 0.25) is 0 Å². The maximum Gasteiger partial charge on any atom is 0.279 e. The summed E-state index contributed by atoms with van der Waals surface area (Å²) >= 11 is 2.65. The average Bonchev–Trinajstić information content (AvgIpc) is 2.49. The molecule has 0 radical (unpaired) electrons. The van der Waals surface area contributed by atoms with E-state index < -0.39 is 0 Å². The van der Waals surface area contributed by atoms with Gasteiger partial charge in [0.15, 0.2) is 0 Å². The number of carbonyl (C=O) groups excluding carboxylic acids is 2. The predicted molar refractivity (Wildman–Crippen MR) is 117 cm³/mol. The van der Waals surface area contributed by atoms with E-state index in [2.05, 4.69) is 20.4 Å². The third-order valence-electron chi connectivity index (χ3n) is 2.65. The number of hydrogen-bond donors (Lipinski definition) is 2. The van der Waals surface area contributed by atoms with Crippen molar-refractivity contribution in [1.82, 2.24) is 20.4 Å². The van der Waals surface area contributed by atoms with Crippen LogP contribution in [0.4, 0.5) is 9.59 Å². The van der Waals surface area contributed by atoms with E-state index in [4.69, 9.17) is 0 Å². The van der Waals surface area contributed by atoms with Crippen LogP contribution >= 0.6 is 35.9 Å². The first-order valence-corrected chi connectivity index (χ1v) is 10.4. The highest BCUT2D eigenvalue weighted by atomic mass is 35.5. The molecule has 25 heavy (non-hydrogen) atoms. The molecule has 2 N–H and O–H groups in total. The maximum atomic E-state index is 10.9. The number of halogens is 1. The fourth-order valence-electron chi connectivity index (χ4n) is 1.54. The van der Waals surface area contributed by atoms with Crippen LogP contribution in [-0.4, -0.2) is 86.2 Å². The number of amides is 2. The highest BCUT2D eigenvalue weighted by Gasteiger charge is 1.98. The molecule has 0 saturated carbocycles. The Bertz CT molecular complexity index is 293. The fourth-order valence-corrected chi connectivity index (χ4v) is 2.47. The molecule has 0 aliphatic rings. The lowest BCUT2D eigenvalue weighted by Gasteiger charge is -2.09. The van der Waals surface area contributed by atoms with Crippen molar-refractivity contribution < 1.29 is 9.59 Å². The van der Waals surface area contributed by atoms with Crippen molar-refractivity contribution >= 4 is 46.4 Å². The van der Waals surface area contributed by atoms with Crippen molar-refractivity contribution in [3.63, 3.8) is 0 Å². The Morgan fingerprint density at radius 2 is 1.08 bits per heavy atom. The van der Waals surface area contributed by atoms with Gasteiger partial charge in [-0.15, -0.1) is 12.4 Å². The lowest BCUT2D eigenvalue weighted by molar-refractivity contribution is 0.259. The van der Waals surface area contributed by atoms with Gasteiger partial charge >= 0.3 is 0 Å². The lowest BCUT2D eigenvalue weighted by Crippen LogP contribution is -2.24. The van der Waals surface area contributed by atoms with Crippen molar-refractivity contribution in [2.24, 2.45) is 0 Å². The van der Waals surface area contributed by atoms with Gasteiger partial charge in [0.05, 0.1) is 0 Å². The molecule has 152 valence electrons. The molecule has 0 saturated heterocycles. The second-order valence-corrected chi connectivity index (χ2v) is 8.08. The van der Waals surface area contributed by atoms with Crippen LogP contribution in [0.2, 0.25) is 0 Å². The Morgan fingerprint density at radius 3 is 1.32 bits per heavy atom. The monoisotopic (exact) mass is 416 g/mol. The van der Waals surface area contributed by atoms with Gasteiger partial charge in [-0.25, -0.2) is 0 Å². The number of thioether (sulfide) groups is 2. The maximum absolute atomic E-state index is 10.9. The van der Waals surface area contributed by atoms with Crippen molar-refractivity contribution in [1.29, 1.82) is 0 Å². The summed E-state index contributed by atoms with van der Waals surface area (Å²) in [5.41, 5.74) is 0. The lowest BCUT2D eigenvalue weighted by atomic mass is 10.4. The first-order valence-electron chi connectivity index (χ1n) is 8.44. The summed E-state index contributed by atoms with van der Waals surface area (Å²) in [5.74, 6) is 1.69. The van der Waals surface area contributed by atoms with E-state index in [1.54, 1.807) is 0 Å². The zero-order chi connectivity index (χ0) is 18.8. The Kier molecular flexibility index (Phi) is 25.9. The number of nitrogens with zero attached hydrogens (tertiary/aromatic N) is 2. The molecule has 0 spiro atoms. The van der Waals surface area contributed by atoms with Crippen molar-refractivity contribution in [2.45, 2.75) is 26.7 Å². The van der Waals surface area contributed by atoms with Crippen molar-refractivity contribution in [3.8, 4) is 0 Å². The number of rotatable bonds is 10. The van der Waals surface area contributed by atoms with Gasteiger partial charge in [0.1, 0.15) is 0 Å². The van der Waals surface area contributed by atoms with Gasteiger partial charge in [-0.1, -0.05) is 37.4 Å². The summed E-state index contributed by atoms with van der Waals surface area (Å²) in [6, 6.07) is 0. The Balaban J connectivity index is -0.000000372. The summed E-state index contributed by atoms with van der Waals surface area (Å²) in [4.78, 5) is 26.1. The highest BCUT2D eigenvalue weighted by Crippen LogP contribution is 1.99. The van der Waals surface area contributed by atoms with E-state index in [9.17, 15) is 9.59 Å². The third-order valence-corrected chi connectivity index (χ3v) is 4.04. The number of carbonyl (C=O) groups is 2. The topological polar surface area (TPSA) is 64.7 Å². The SMILES string of the molecule is CCSC(=O)NCCCN(C)C.CCSC(=O)NCCCN(C)C.Cl. The van der Waals surface area contributed by atoms with Gasteiger partial charge in [0.25, 0.3) is 10.5 Å². The molecule has 6 nitrogen and oxygen atoms in total. The summed E-state index contributed by atoms with van der Waals surface area (Å²) in [6.45, 7) is 7.57. The minimum absolute atomic E-state index is 0. The molecule has 0 fully saturated rings. The van der Waals surface area contributed by atoms with Gasteiger partial charge in [-0.3, -0.25) is 9.59 Å². The van der Waals surface area contributed by atoms with E-state index in [1.807, 2.05) is 42.0 Å². The molecule has 2 amide bonds. The Labute approximate surface area is 169 Å². The third kappa shape index (κ3) is 28.9. The smallest absolute Gasteiger partial charge is 0.279 e. The largest absolute Gasteiger partial charge is 0.347 e. The van der Waals surface area contributed by atoms with Gasteiger partial charge in [-0.05, 0) is 65.6 Å². The molecule has 9 heteroatoms. The Hall–Kier alpha value is -0.150. The van der Waals surface area contributed by atoms with Crippen LogP contribution in [0.25, 0.3) is 0 Å². The molecule has 0 atom stereocenters. The second-order valence-electron chi connectivity index (χ2n) is 5.61. The highest BCUT2D eigenvalue weighted by molar-refractivity contribution is 8.13. The van der Waals surface area contributed by atoms with Crippen molar-refractivity contribution in [2.75, 3.05) is 65.9 Å². The number of nitrogens with one attached hydrogen (secondary N) is 2. The van der Waals surface area contributed by atoms with Crippen LogP contribution < -0.4 is 10.6 Å². The first-order chi connectivity index (χ1) is 11.3.